The van der Waals surface area contributed by atoms with Crippen molar-refractivity contribution in [1.82, 2.24) is 9.97 Å². The van der Waals surface area contributed by atoms with Crippen LogP contribution < -0.4 is 10.9 Å². The van der Waals surface area contributed by atoms with Gasteiger partial charge in [0.25, 0.3) is 5.56 Å². The number of nitrogens with one attached hydrogen (secondary N) is 2. The third-order valence-electron chi connectivity index (χ3n) is 4.15. The summed E-state index contributed by atoms with van der Waals surface area (Å²) in [5.41, 5.74) is 2.14. The lowest BCUT2D eigenvalue weighted by atomic mass is 10.0. The number of rotatable bonds is 8. The van der Waals surface area contributed by atoms with E-state index in [-0.39, 0.29) is 23.8 Å². The lowest BCUT2D eigenvalue weighted by molar-refractivity contribution is -0.113. The molecule has 0 atom stereocenters. The fourth-order valence-electron chi connectivity index (χ4n) is 2.73. The maximum atomic E-state index is 12.6. The number of halogens is 1. The van der Waals surface area contributed by atoms with E-state index in [1.54, 1.807) is 36.6 Å². The van der Waals surface area contributed by atoms with E-state index in [0.29, 0.717) is 38.4 Å². The zero-order chi connectivity index (χ0) is 22.4. The Labute approximate surface area is 192 Å². The molecule has 0 saturated heterocycles. The molecule has 2 N–H and O–H groups in total. The number of hydrogen-bond donors (Lipinski definition) is 2. The lowest BCUT2D eigenvalue weighted by Crippen LogP contribution is -2.17. The van der Waals surface area contributed by atoms with Gasteiger partial charge in [-0.3, -0.25) is 9.59 Å². The molecule has 162 valence electrons. The first-order valence-corrected chi connectivity index (χ1v) is 11.7. The van der Waals surface area contributed by atoms with E-state index in [9.17, 15) is 14.4 Å². The third-order valence-corrected chi connectivity index (χ3v) is 6.17. The fraction of sp³-hybridized carbons (Fsp3) is 0.238. The Morgan fingerprint density at radius 2 is 2.00 bits per heavy atom. The summed E-state index contributed by atoms with van der Waals surface area (Å²) in [6, 6.07) is 8.50. The number of aromatic nitrogens is 2. The van der Waals surface area contributed by atoms with Crippen molar-refractivity contribution in [3.05, 3.63) is 62.3 Å². The molecule has 0 unspecified atom stereocenters. The van der Waals surface area contributed by atoms with Crippen molar-refractivity contribution in [3.63, 3.8) is 0 Å². The van der Waals surface area contributed by atoms with Crippen LogP contribution in [-0.4, -0.2) is 34.2 Å². The fourth-order valence-corrected chi connectivity index (χ4v) is 4.52. The summed E-state index contributed by atoms with van der Waals surface area (Å²) < 4.78 is 5.20. The first-order chi connectivity index (χ1) is 14.9. The first-order valence-electron chi connectivity index (χ1n) is 9.48. The number of amides is 1. The normalized spacial score (nSPS) is 10.7. The molecule has 3 aromatic rings. The van der Waals surface area contributed by atoms with Gasteiger partial charge in [-0.25, -0.2) is 9.78 Å². The van der Waals surface area contributed by atoms with Crippen molar-refractivity contribution in [2.45, 2.75) is 25.4 Å². The molecule has 31 heavy (non-hydrogen) atoms. The molecule has 3 rings (SSSR count). The van der Waals surface area contributed by atoms with E-state index in [1.807, 2.05) is 6.92 Å². The highest BCUT2D eigenvalue weighted by molar-refractivity contribution is 7.99. The number of benzene rings is 1. The summed E-state index contributed by atoms with van der Waals surface area (Å²) in [4.78, 5) is 43.7. The minimum atomic E-state index is -0.515. The van der Waals surface area contributed by atoms with Crippen LogP contribution in [0, 0.1) is 0 Å². The quantitative estimate of drug-likeness (QED) is 0.279. The Hall–Kier alpha value is -2.62. The minimum Gasteiger partial charge on any atom is -0.462 e. The topological polar surface area (TPSA) is 101 Å². The van der Waals surface area contributed by atoms with E-state index >= 15 is 0 Å². The van der Waals surface area contributed by atoms with Crippen LogP contribution in [0.15, 0.2) is 45.7 Å². The van der Waals surface area contributed by atoms with Gasteiger partial charge in [0.2, 0.25) is 5.91 Å². The van der Waals surface area contributed by atoms with Gasteiger partial charge in [0.15, 0.2) is 5.16 Å². The maximum absolute atomic E-state index is 12.6. The third kappa shape index (κ3) is 5.96. The zero-order valence-electron chi connectivity index (χ0n) is 16.9. The number of hydrogen-bond acceptors (Lipinski definition) is 7. The summed E-state index contributed by atoms with van der Waals surface area (Å²) >= 11 is 8.32. The van der Waals surface area contributed by atoms with Crippen molar-refractivity contribution in [2.75, 3.05) is 17.7 Å². The second-order valence-electron chi connectivity index (χ2n) is 6.31. The molecule has 0 saturated carbocycles. The highest BCUT2D eigenvalue weighted by Gasteiger charge is 2.23. The molecule has 1 amide bonds. The molecule has 7 nitrogen and oxygen atoms in total. The largest absolute Gasteiger partial charge is 0.462 e. The van der Waals surface area contributed by atoms with Crippen molar-refractivity contribution in [3.8, 4) is 11.1 Å². The molecular weight excluding hydrogens is 458 g/mol. The molecule has 0 bridgehead atoms. The van der Waals surface area contributed by atoms with E-state index in [4.69, 9.17) is 16.3 Å². The second kappa shape index (κ2) is 10.6. The predicted octanol–water partition coefficient (Wildman–Crippen LogP) is 4.62. The van der Waals surface area contributed by atoms with Gasteiger partial charge in [-0.2, -0.15) is 0 Å². The highest BCUT2D eigenvalue weighted by atomic mass is 35.5. The predicted molar refractivity (Wildman–Crippen MR) is 124 cm³/mol. The molecule has 1 aromatic carbocycles. The number of thioether (sulfide) groups is 1. The van der Waals surface area contributed by atoms with Crippen LogP contribution in [0.4, 0.5) is 5.00 Å². The first kappa shape index (κ1) is 23.1. The number of carbonyl (C=O) groups excluding carboxylic acids is 2. The van der Waals surface area contributed by atoms with Crippen LogP contribution in [0.3, 0.4) is 0 Å². The summed E-state index contributed by atoms with van der Waals surface area (Å²) in [6.45, 7) is 3.83. The van der Waals surface area contributed by atoms with E-state index in [2.05, 4.69) is 15.3 Å². The van der Waals surface area contributed by atoms with Crippen molar-refractivity contribution >= 4 is 51.6 Å². The second-order valence-corrected chi connectivity index (χ2v) is 8.59. The number of ether oxygens (including phenoxy) is 1. The van der Waals surface area contributed by atoms with Gasteiger partial charge < -0.3 is 15.0 Å². The van der Waals surface area contributed by atoms with E-state index in [0.717, 1.165) is 17.3 Å². The Bertz CT molecular complexity index is 1140. The number of thiophene rings is 1. The minimum absolute atomic E-state index is 0.0204. The molecule has 0 aliphatic carbocycles. The molecule has 10 heteroatoms. The number of nitrogens with zero attached hydrogens (tertiary/aromatic N) is 1. The van der Waals surface area contributed by atoms with Crippen molar-refractivity contribution in [2.24, 2.45) is 0 Å². The van der Waals surface area contributed by atoms with E-state index < -0.39 is 5.97 Å². The Kier molecular flexibility index (Phi) is 7.89. The summed E-state index contributed by atoms with van der Waals surface area (Å²) in [5, 5.41) is 5.93. The molecule has 0 aliphatic rings. The van der Waals surface area contributed by atoms with Crippen LogP contribution in [0.5, 0.6) is 0 Å². The molecule has 0 fully saturated rings. The van der Waals surface area contributed by atoms with Gasteiger partial charge >= 0.3 is 5.97 Å². The lowest BCUT2D eigenvalue weighted by Gasteiger charge is -2.09. The number of anilines is 1. The standard InChI is InChI=1S/C21H20ClN3O4S2/c1-3-14-9-16(26)25-21(23-14)31-11-17(27)24-19-18(20(28)29-4-2)15(10-30-19)12-5-7-13(22)8-6-12/h5-10H,3-4,11H2,1-2H3,(H,24,27)(H,23,25,26). The highest BCUT2D eigenvalue weighted by Crippen LogP contribution is 2.36. The molecular formula is C21H20ClN3O4S2. The molecule has 0 aliphatic heterocycles. The summed E-state index contributed by atoms with van der Waals surface area (Å²) in [7, 11) is 0. The van der Waals surface area contributed by atoms with Gasteiger partial charge in [0.1, 0.15) is 10.6 Å². The van der Waals surface area contributed by atoms with Gasteiger partial charge in [-0.05, 0) is 31.0 Å². The Morgan fingerprint density at radius 3 is 2.68 bits per heavy atom. The van der Waals surface area contributed by atoms with Crippen molar-refractivity contribution < 1.29 is 14.3 Å². The van der Waals surface area contributed by atoms with Crippen molar-refractivity contribution in [1.29, 1.82) is 0 Å². The van der Waals surface area contributed by atoms with Gasteiger partial charge in [-0.1, -0.05) is 42.4 Å². The zero-order valence-corrected chi connectivity index (χ0v) is 19.2. The monoisotopic (exact) mass is 477 g/mol. The number of H-pyrrole nitrogens is 1. The number of esters is 1. The van der Waals surface area contributed by atoms with Crippen LogP contribution >= 0.6 is 34.7 Å². The Morgan fingerprint density at radius 1 is 1.26 bits per heavy atom. The average Bonchev–Trinajstić information content (AvgIpc) is 3.16. The number of carbonyl (C=O) groups is 2. The van der Waals surface area contributed by atoms with Gasteiger partial charge in [0.05, 0.1) is 12.4 Å². The molecule has 0 radical (unpaired) electrons. The smallest absolute Gasteiger partial charge is 0.341 e. The molecule has 2 aromatic heterocycles. The Balaban J connectivity index is 1.79. The van der Waals surface area contributed by atoms with Crippen LogP contribution in [0.1, 0.15) is 29.9 Å². The van der Waals surface area contributed by atoms with Crippen LogP contribution in [-0.2, 0) is 16.0 Å². The van der Waals surface area contributed by atoms with Crippen LogP contribution in [0.2, 0.25) is 5.02 Å². The SMILES string of the molecule is CCOC(=O)c1c(-c2ccc(Cl)cc2)csc1NC(=O)CSc1nc(CC)cc(=O)[nH]1. The van der Waals surface area contributed by atoms with Crippen LogP contribution in [0.25, 0.3) is 11.1 Å². The average molecular weight is 478 g/mol. The summed E-state index contributed by atoms with van der Waals surface area (Å²) in [5.74, 6) is -0.824. The number of aromatic amines is 1. The summed E-state index contributed by atoms with van der Waals surface area (Å²) in [6.07, 6.45) is 0.620. The van der Waals surface area contributed by atoms with Gasteiger partial charge in [-0.15, -0.1) is 11.3 Å². The molecule has 0 spiro atoms. The van der Waals surface area contributed by atoms with Gasteiger partial charge in [0, 0.05) is 27.7 Å². The van der Waals surface area contributed by atoms with E-state index in [1.165, 1.54) is 17.4 Å². The molecule has 2 heterocycles. The number of aryl methyl sites for hydroxylation is 1. The maximum Gasteiger partial charge on any atom is 0.341 e.